The van der Waals surface area contributed by atoms with Crippen LogP contribution in [0.1, 0.15) is 16.9 Å². The number of nitrogens with one attached hydrogen (secondary N) is 2. The molecule has 0 saturated heterocycles. The molecule has 0 radical (unpaired) electrons. The third kappa shape index (κ3) is 3.52. The molecule has 8 heteroatoms. The fourth-order valence-electron chi connectivity index (χ4n) is 4.63. The maximum absolute atomic E-state index is 13.2. The topological polar surface area (TPSA) is 86.8 Å². The van der Waals surface area contributed by atoms with E-state index < -0.39 is 0 Å². The molecule has 33 heavy (non-hydrogen) atoms. The van der Waals surface area contributed by atoms with Crippen LogP contribution in [0.5, 0.6) is 0 Å². The largest absolute Gasteiger partial charge is 0.340 e. The number of aryl methyl sites for hydroxylation is 1. The highest BCUT2D eigenvalue weighted by Crippen LogP contribution is 2.41. The Labute approximate surface area is 194 Å². The predicted molar refractivity (Wildman–Crippen MR) is 132 cm³/mol. The Morgan fingerprint density at radius 2 is 2.06 bits per heavy atom. The number of rotatable bonds is 4. The zero-order chi connectivity index (χ0) is 22.4. The van der Waals surface area contributed by atoms with Crippen molar-refractivity contribution < 1.29 is 4.79 Å². The summed E-state index contributed by atoms with van der Waals surface area (Å²) in [5.74, 6) is 0.956. The smallest absolute Gasteiger partial charge is 0.230 e. The van der Waals surface area contributed by atoms with Gasteiger partial charge in [0, 0.05) is 34.6 Å². The van der Waals surface area contributed by atoms with Gasteiger partial charge in [0.15, 0.2) is 0 Å². The van der Waals surface area contributed by atoms with Gasteiger partial charge in [-0.3, -0.25) is 9.89 Å². The van der Waals surface area contributed by atoms with E-state index in [1.807, 2.05) is 55.7 Å². The van der Waals surface area contributed by atoms with E-state index in [1.165, 1.54) is 10.4 Å². The molecule has 1 amide bonds. The lowest BCUT2D eigenvalue weighted by molar-refractivity contribution is -0.122. The minimum Gasteiger partial charge on any atom is -0.340 e. The number of thiophene rings is 1. The number of H-pyrrole nitrogens is 1. The summed E-state index contributed by atoms with van der Waals surface area (Å²) in [4.78, 5) is 26.3. The molecule has 5 aromatic rings. The first-order chi connectivity index (χ1) is 16.2. The van der Waals surface area contributed by atoms with Gasteiger partial charge in [-0.25, -0.2) is 9.97 Å². The van der Waals surface area contributed by atoms with Crippen LogP contribution in [0.2, 0.25) is 0 Å². The van der Waals surface area contributed by atoms with Gasteiger partial charge in [-0.2, -0.15) is 5.10 Å². The van der Waals surface area contributed by atoms with Crippen LogP contribution in [0, 0.1) is 5.92 Å². The van der Waals surface area contributed by atoms with Crippen LogP contribution in [-0.2, 0) is 17.6 Å². The summed E-state index contributed by atoms with van der Waals surface area (Å²) >= 11 is 1.68. The number of para-hydroxylation sites is 1. The van der Waals surface area contributed by atoms with Crippen molar-refractivity contribution in [2.75, 3.05) is 17.3 Å². The molecule has 3 heterocycles. The van der Waals surface area contributed by atoms with Crippen LogP contribution in [0.3, 0.4) is 0 Å². The number of hydrogen-bond acceptors (Lipinski definition) is 6. The van der Waals surface area contributed by atoms with Gasteiger partial charge in [0.1, 0.15) is 17.0 Å². The second kappa shape index (κ2) is 7.97. The monoisotopic (exact) mass is 454 g/mol. The first kappa shape index (κ1) is 19.9. The standard InChI is InChI=1S/C25H22N6OS/c1-31(18-5-3-2-4-6-18)25(32)15-7-9-19-21(12-15)33-24-22(19)23(26-14-27-24)29-17-8-10-20-16(11-17)13-28-30-20/h2-6,8,10-11,13-15H,7,9,12H2,1H3,(H,28,30)(H,26,27,29)/t15-/m0/s1. The molecule has 164 valence electrons. The molecule has 2 N–H and O–H groups in total. The van der Waals surface area contributed by atoms with E-state index in [4.69, 9.17) is 0 Å². The minimum atomic E-state index is -0.0244. The van der Waals surface area contributed by atoms with Crippen LogP contribution in [-0.4, -0.2) is 33.1 Å². The Bertz CT molecular complexity index is 1470. The lowest BCUT2D eigenvalue weighted by atomic mass is 9.87. The van der Waals surface area contributed by atoms with Crippen LogP contribution < -0.4 is 10.2 Å². The molecule has 0 bridgehead atoms. The number of hydrogen-bond donors (Lipinski definition) is 2. The Morgan fingerprint density at radius 1 is 1.18 bits per heavy atom. The Kier molecular flexibility index (Phi) is 4.80. The second-order valence-corrected chi connectivity index (χ2v) is 9.46. The quantitative estimate of drug-likeness (QED) is 0.395. The SMILES string of the molecule is CN(C(=O)[C@H]1CCc2c(sc3ncnc(Nc4ccc5[nH]ncc5c4)c23)C1)c1ccccc1. The number of carbonyl (C=O) groups is 1. The number of carbonyl (C=O) groups excluding carboxylic acids is 1. The van der Waals surface area contributed by atoms with E-state index in [2.05, 4.69) is 31.5 Å². The third-order valence-electron chi connectivity index (χ3n) is 6.37. The first-order valence-corrected chi connectivity index (χ1v) is 11.8. The van der Waals surface area contributed by atoms with E-state index in [-0.39, 0.29) is 11.8 Å². The summed E-state index contributed by atoms with van der Waals surface area (Å²) in [7, 11) is 1.86. The van der Waals surface area contributed by atoms with Crippen molar-refractivity contribution in [3.8, 4) is 0 Å². The van der Waals surface area contributed by atoms with Gasteiger partial charge in [-0.05, 0) is 55.2 Å². The maximum atomic E-state index is 13.2. The van der Waals surface area contributed by atoms with Gasteiger partial charge < -0.3 is 10.2 Å². The predicted octanol–water partition coefficient (Wildman–Crippen LogP) is 5.08. The van der Waals surface area contributed by atoms with Gasteiger partial charge >= 0.3 is 0 Å². The number of aromatic amines is 1. The van der Waals surface area contributed by atoms with Crippen molar-refractivity contribution in [3.05, 3.63) is 71.5 Å². The average Bonchev–Trinajstić information content (AvgIpc) is 3.47. The molecule has 0 aliphatic heterocycles. The highest BCUT2D eigenvalue weighted by molar-refractivity contribution is 7.19. The summed E-state index contributed by atoms with van der Waals surface area (Å²) in [5, 5.41) is 12.7. The average molecular weight is 455 g/mol. The van der Waals surface area contributed by atoms with E-state index >= 15 is 0 Å². The molecule has 2 aromatic carbocycles. The van der Waals surface area contributed by atoms with E-state index in [0.29, 0.717) is 0 Å². The van der Waals surface area contributed by atoms with E-state index in [9.17, 15) is 4.79 Å². The van der Waals surface area contributed by atoms with Crippen LogP contribution in [0.15, 0.2) is 61.1 Å². The summed E-state index contributed by atoms with van der Waals surface area (Å²) < 4.78 is 0. The summed E-state index contributed by atoms with van der Waals surface area (Å²) in [6.07, 6.45) is 5.83. The molecule has 0 unspecified atom stereocenters. The highest BCUT2D eigenvalue weighted by atomic mass is 32.1. The van der Waals surface area contributed by atoms with Crippen molar-refractivity contribution in [2.24, 2.45) is 5.92 Å². The van der Waals surface area contributed by atoms with Crippen LogP contribution >= 0.6 is 11.3 Å². The number of amides is 1. The number of aromatic nitrogens is 4. The lowest BCUT2D eigenvalue weighted by Gasteiger charge is -2.26. The molecule has 3 aromatic heterocycles. The minimum absolute atomic E-state index is 0.0244. The fraction of sp³-hybridized carbons (Fsp3) is 0.200. The summed E-state index contributed by atoms with van der Waals surface area (Å²) in [5.41, 5.74) is 4.15. The highest BCUT2D eigenvalue weighted by Gasteiger charge is 2.31. The maximum Gasteiger partial charge on any atom is 0.230 e. The number of nitrogens with zero attached hydrogens (tertiary/aromatic N) is 4. The number of anilines is 3. The Hall–Kier alpha value is -3.78. The normalized spacial score (nSPS) is 15.5. The van der Waals surface area contributed by atoms with Crippen LogP contribution in [0.4, 0.5) is 17.2 Å². The first-order valence-electron chi connectivity index (χ1n) is 11.0. The van der Waals surface area contributed by atoms with Crippen LogP contribution in [0.25, 0.3) is 21.1 Å². The summed E-state index contributed by atoms with van der Waals surface area (Å²) in [6, 6.07) is 15.9. The zero-order valence-electron chi connectivity index (χ0n) is 18.1. The Balaban J connectivity index is 1.29. The molecule has 0 spiro atoms. The molecular weight excluding hydrogens is 432 g/mol. The molecule has 1 aliphatic carbocycles. The van der Waals surface area contributed by atoms with E-state index in [0.717, 1.165) is 57.6 Å². The fourth-order valence-corrected chi connectivity index (χ4v) is 5.89. The molecule has 7 nitrogen and oxygen atoms in total. The molecule has 1 atom stereocenters. The molecule has 0 fully saturated rings. The zero-order valence-corrected chi connectivity index (χ0v) is 18.9. The van der Waals surface area contributed by atoms with Gasteiger partial charge in [0.25, 0.3) is 0 Å². The van der Waals surface area contributed by atoms with Crippen molar-refractivity contribution in [3.63, 3.8) is 0 Å². The lowest BCUT2D eigenvalue weighted by Crippen LogP contribution is -2.35. The molecule has 6 rings (SSSR count). The molecule has 1 aliphatic rings. The van der Waals surface area contributed by atoms with Gasteiger partial charge in [-0.1, -0.05) is 18.2 Å². The van der Waals surface area contributed by atoms with Gasteiger partial charge in [0.2, 0.25) is 5.91 Å². The molecule has 0 saturated carbocycles. The third-order valence-corrected chi connectivity index (χ3v) is 7.53. The number of benzene rings is 2. The van der Waals surface area contributed by atoms with Crippen molar-refractivity contribution >= 4 is 55.6 Å². The van der Waals surface area contributed by atoms with E-state index in [1.54, 1.807) is 22.6 Å². The second-order valence-electron chi connectivity index (χ2n) is 8.38. The number of fused-ring (bicyclic) bond motifs is 4. The van der Waals surface area contributed by atoms with Gasteiger partial charge in [0.05, 0.1) is 17.1 Å². The summed E-state index contributed by atoms with van der Waals surface area (Å²) in [6.45, 7) is 0. The van der Waals surface area contributed by atoms with Crippen molar-refractivity contribution in [2.45, 2.75) is 19.3 Å². The Morgan fingerprint density at radius 3 is 2.94 bits per heavy atom. The van der Waals surface area contributed by atoms with Crippen molar-refractivity contribution in [1.29, 1.82) is 0 Å². The molecular formula is C25H22N6OS. The van der Waals surface area contributed by atoms with Gasteiger partial charge in [-0.15, -0.1) is 11.3 Å². The van der Waals surface area contributed by atoms with Crippen molar-refractivity contribution in [1.82, 2.24) is 20.2 Å².